The third-order valence-electron chi connectivity index (χ3n) is 13.0. The summed E-state index contributed by atoms with van der Waals surface area (Å²) < 4.78 is 0. The van der Waals surface area contributed by atoms with Gasteiger partial charge < -0.3 is 105 Å². The van der Waals surface area contributed by atoms with Gasteiger partial charge in [-0.25, -0.2) is 19.9 Å². The van der Waals surface area contributed by atoms with Gasteiger partial charge in [0.1, 0.15) is 48.8 Å². The van der Waals surface area contributed by atoms with Gasteiger partial charge in [-0.05, 0) is 18.3 Å². The highest BCUT2D eigenvalue weighted by Crippen LogP contribution is 2.08. The number of aliphatic carboxylic acids is 1. The van der Waals surface area contributed by atoms with Crippen LogP contribution in [0.4, 0.5) is 0 Å². The first-order valence-electron chi connectivity index (χ1n) is 28.0. The van der Waals surface area contributed by atoms with Gasteiger partial charge in [-0.15, -0.1) is 0 Å². The van der Waals surface area contributed by atoms with E-state index in [-0.39, 0.29) is 25.7 Å². The van der Waals surface area contributed by atoms with Crippen LogP contribution in [0.15, 0.2) is 50.1 Å². The summed E-state index contributed by atoms with van der Waals surface area (Å²) in [6.07, 6.45) is 9.40. The number of rotatable bonds is 39. The summed E-state index contributed by atoms with van der Waals surface area (Å²) in [4.78, 5) is 209. The van der Waals surface area contributed by atoms with Crippen LogP contribution in [0.2, 0.25) is 0 Å². The van der Waals surface area contributed by atoms with E-state index in [1.165, 1.54) is 50.1 Å². The molecule has 4 aromatic heterocycles. The SMILES string of the molecule is CC(C)[C@H](NC(=O)CNC(=O)[C@@H](N)Cc1cnc[nH]1)C(=O)N[C@@H](CO)C(=O)NCC(=O)N[C@@H](Cc1cnc[nH]1)C(=O)NCC(=O)N[C@@H](CCC(N)=O)C(=O)N[C@@H](Cc1cnc[nH]1)C(=O)NCC(=O)N[C@H](C(=O)N[C@@H](Cc1cnc[nH]1)C(=O)NCC(=O)O)C(C)C. The molecule has 8 atom stereocenters. The van der Waals surface area contributed by atoms with Crippen molar-refractivity contribution in [3.63, 3.8) is 0 Å². The van der Waals surface area contributed by atoms with Crippen molar-refractivity contribution in [3.05, 3.63) is 72.9 Å². The van der Waals surface area contributed by atoms with Gasteiger partial charge in [-0.1, -0.05) is 27.7 Å². The number of aliphatic hydroxyl groups excluding tert-OH is 1. The smallest absolute Gasteiger partial charge is 0.322 e. The fourth-order valence-corrected chi connectivity index (χ4v) is 8.21. The highest BCUT2D eigenvalue weighted by Gasteiger charge is 2.34. The second-order valence-electron chi connectivity index (χ2n) is 20.9. The molecule has 13 amide bonds. The quantitative estimate of drug-likeness (QED) is 0.0197. The number of nitrogens with one attached hydrogen (secondary N) is 16. The molecular weight excluding hydrogens is 1190 g/mol. The molecule has 4 rings (SSSR count). The minimum atomic E-state index is -1.65. The van der Waals surface area contributed by atoms with E-state index < -0.39 is 195 Å². The lowest BCUT2D eigenvalue weighted by Gasteiger charge is -2.25. The average molecular weight is 1270 g/mol. The molecule has 490 valence electrons. The number of amides is 13. The number of carbonyl (C=O) groups excluding carboxylic acids is 13. The molecule has 0 aliphatic carbocycles. The van der Waals surface area contributed by atoms with Gasteiger partial charge >= 0.3 is 5.97 Å². The number of hydrogen-bond acceptors (Lipinski definition) is 20. The van der Waals surface area contributed by atoms with E-state index in [4.69, 9.17) is 16.6 Å². The molecule has 38 nitrogen and oxygen atoms in total. The maximum absolute atomic E-state index is 13.9. The maximum atomic E-state index is 13.9. The molecule has 90 heavy (non-hydrogen) atoms. The Balaban J connectivity index is 1.34. The van der Waals surface area contributed by atoms with Gasteiger partial charge in [0.05, 0.1) is 64.1 Å². The number of aromatic amines is 4. The molecule has 0 bridgehead atoms. The van der Waals surface area contributed by atoms with E-state index in [0.29, 0.717) is 22.8 Å². The van der Waals surface area contributed by atoms with Crippen molar-refractivity contribution in [3.8, 4) is 0 Å². The van der Waals surface area contributed by atoms with Crippen molar-refractivity contribution < 1.29 is 77.3 Å². The second kappa shape index (κ2) is 36.5. The Morgan fingerprint density at radius 2 is 0.744 bits per heavy atom. The van der Waals surface area contributed by atoms with Crippen LogP contribution in [0.1, 0.15) is 63.3 Å². The molecular formula is C52H76N22O16. The van der Waals surface area contributed by atoms with Crippen molar-refractivity contribution in [2.24, 2.45) is 23.3 Å². The number of carbonyl (C=O) groups is 14. The van der Waals surface area contributed by atoms with Crippen LogP contribution in [0.25, 0.3) is 0 Å². The molecule has 0 aromatic carbocycles. The molecule has 4 heterocycles. The molecule has 0 aliphatic rings. The van der Waals surface area contributed by atoms with Gasteiger partial charge in [0.25, 0.3) is 0 Å². The van der Waals surface area contributed by atoms with Crippen molar-refractivity contribution >= 4 is 82.8 Å². The largest absolute Gasteiger partial charge is 0.480 e. The van der Waals surface area contributed by atoms with E-state index in [9.17, 15) is 72.2 Å². The summed E-state index contributed by atoms with van der Waals surface area (Å²) in [6, 6.07) is -11.1. The van der Waals surface area contributed by atoms with E-state index in [2.05, 4.69) is 104 Å². The fraction of sp³-hybridized carbons (Fsp3) is 0.500. The lowest BCUT2D eigenvalue weighted by atomic mass is 10.0. The molecule has 22 N–H and O–H groups in total. The molecule has 0 aliphatic heterocycles. The Morgan fingerprint density at radius 3 is 1.10 bits per heavy atom. The Kier molecular flexibility index (Phi) is 29.1. The molecule has 38 heteroatoms. The topological polar surface area (TPSA) is 591 Å². The summed E-state index contributed by atoms with van der Waals surface area (Å²) in [5, 5.41) is 47.6. The molecule has 0 radical (unpaired) electrons. The Hall–Kier alpha value is -10.7. The Morgan fingerprint density at radius 1 is 0.422 bits per heavy atom. The predicted molar refractivity (Wildman–Crippen MR) is 309 cm³/mol. The third-order valence-corrected chi connectivity index (χ3v) is 13.0. The molecule has 0 fully saturated rings. The van der Waals surface area contributed by atoms with Crippen LogP contribution < -0.4 is 75.3 Å². The summed E-state index contributed by atoms with van der Waals surface area (Å²) in [7, 11) is 0. The first-order chi connectivity index (χ1) is 42.7. The van der Waals surface area contributed by atoms with Crippen molar-refractivity contribution in [2.75, 3.05) is 39.3 Å². The minimum absolute atomic E-state index is 0.104. The first kappa shape index (κ1) is 71.8. The Labute approximate surface area is 512 Å². The van der Waals surface area contributed by atoms with Crippen LogP contribution in [-0.2, 0) is 92.8 Å². The standard InChI is InChI=1S/C52H76N22O16/c1-25(2)43(51(89)71-35(10-30-14-58-24-67-30)48(86)63-19-42(81)82)74-41(80)18-61-47(85)34(9-29-13-57-23-66-29)70-50(88)32(5-6-37(54)76)68-38(77)15-60-46(84)33(8-28-12-56-22-65-28)69-39(78)16-62-49(87)36(20-75)72-52(90)44(26(3)4)73-40(79)17-59-45(83)31(53)7-27-11-55-21-64-27/h11-14,21-26,31-36,43-44,75H,5-10,15-20,53H2,1-4H3,(H2,54,76)(H,55,64)(H,56,65)(H,57,66)(H,58,67)(H,59,83)(H,60,84)(H,61,85)(H,62,87)(H,63,86)(H,68,77)(H,69,78)(H,70,88)(H,71,89)(H,72,90)(H,73,79)(H,74,80)(H,81,82)/t31-,32-,33-,34-,35-,36-,43-,44-/m0/s1. The van der Waals surface area contributed by atoms with Crippen LogP contribution in [-0.4, -0.2) is 221 Å². The van der Waals surface area contributed by atoms with E-state index in [1.807, 2.05) is 0 Å². The summed E-state index contributed by atoms with van der Waals surface area (Å²) in [5.74, 6) is -14.3. The number of hydrogen-bond donors (Lipinski definition) is 20. The fourth-order valence-electron chi connectivity index (χ4n) is 8.21. The zero-order valence-electron chi connectivity index (χ0n) is 49.4. The maximum Gasteiger partial charge on any atom is 0.322 e. The lowest BCUT2D eigenvalue weighted by Crippen LogP contribution is -2.58. The van der Waals surface area contributed by atoms with Crippen LogP contribution in [0.5, 0.6) is 0 Å². The Bertz CT molecular complexity index is 3070. The molecule has 0 saturated carbocycles. The van der Waals surface area contributed by atoms with Gasteiger partial charge in [0.15, 0.2) is 0 Å². The van der Waals surface area contributed by atoms with Gasteiger partial charge in [0.2, 0.25) is 76.8 Å². The van der Waals surface area contributed by atoms with E-state index in [1.54, 1.807) is 27.7 Å². The predicted octanol–water partition coefficient (Wildman–Crippen LogP) is -9.19. The summed E-state index contributed by atoms with van der Waals surface area (Å²) in [5.41, 5.74) is 12.9. The number of aliphatic hydroxyl groups is 1. The minimum Gasteiger partial charge on any atom is -0.480 e. The van der Waals surface area contributed by atoms with Crippen LogP contribution in [0.3, 0.4) is 0 Å². The van der Waals surface area contributed by atoms with Gasteiger partial charge in [0, 0.05) is 79.7 Å². The highest BCUT2D eigenvalue weighted by atomic mass is 16.4. The van der Waals surface area contributed by atoms with E-state index >= 15 is 0 Å². The van der Waals surface area contributed by atoms with Crippen molar-refractivity contribution in [1.29, 1.82) is 0 Å². The number of H-pyrrole nitrogens is 4. The molecule has 0 saturated heterocycles. The molecule has 0 unspecified atom stereocenters. The number of nitrogens with zero attached hydrogens (tertiary/aromatic N) is 4. The van der Waals surface area contributed by atoms with Crippen molar-refractivity contribution in [1.82, 2.24) is 104 Å². The average Bonchev–Trinajstić information content (AvgIpc) is 4.39. The third kappa shape index (κ3) is 25.4. The molecule has 4 aromatic rings. The number of imidazole rings is 4. The number of carboxylic acids is 1. The van der Waals surface area contributed by atoms with Gasteiger partial charge in [-0.2, -0.15) is 0 Å². The number of nitrogens with two attached hydrogens (primary N) is 2. The van der Waals surface area contributed by atoms with E-state index in [0.717, 1.165) is 0 Å². The second-order valence-corrected chi connectivity index (χ2v) is 20.9. The first-order valence-corrected chi connectivity index (χ1v) is 28.0. The number of primary amides is 1. The number of carboxylic acid groups (broad SMARTS) is 1. The molecule has 0 spiro atoms. The highest BCUT2D eigenvalue weighted by molar-refractivity contribution is 5.98. The summed E-state index contributed by atoms with van der Waals surface area (Å²) in [6.45, 7) is 1.63. The van der Waals surface area contributed by atoms with Crippen LogP contribution in [0, 0.1) is 11.8 Å². The zero-order valence-corrected chi connectivity index (χ0v) is 49.4. The zero-order chi connectivity index (χ0) is 66.5. The normalized spacial score (nSPS) is 13.6. The number of aromatic nitrogens is 8. The van der Waals surface area contributed by atoms with Crippen LogP contribution >= 0.6 is 0 Å². The van der Waals surface area contributed by atoms with Gasteiger partial charge in [-0.3, -0.25) is 67.1 Å². The summed E-state index contributed by atoms with van der Waals surface area (Å²) >= 11 is 0. The monoisotopic (exact) mass is 1260 g/mol. The van der Waals surface area contributed by atoms with Crippen molar-refractivity contribution in [2.45, 2.75) is 115 Å². The lowest BCUT2D eigenvalue weighted by molar-refractivity contribution is -0.138.